The van der Waals surface area contributed by atoms with Crippen LogP contribution in [0, 0.1) is 6.92 Å². The van der Waals surface area contributed by atoms with Gasteiger partial charge in [-0.2, -0.15) is 0 Å². The number of pyridine rings is 3. The molecule has 1 atom stereocenters. The lowest BCUT2D eigenvalue weighted by atomic mass is 10.0. The van der Waals surface area contributed by atoms with Gasteiger partial charge in [0.2, 0.25) is 11.8 Å². The predicted octanol–water partition coefficient (Wildman–Crippen LogP) is 6.26. The number of amides is 3. The van der Waals surface area contributed by atoms with Crippen LogP contribution in [0.1, 0.15) is 65.6 Å². The molecule has 1 aromatic carbocycles. The number of halogens is 1. The quantitative estimate of drug-likeness (QED) is 0.184. The number of rotatable bonds is 10. The van der Waals surface area contributed by atoms with E-state index in [0.717, 1.165) is 5.56 Å². The summed E-state index contributed by atoms with van der Waals surface area (Å²) in [5.41, 5.74) is 4.05. The van der Waals surface area contributed by atoms with Crippen LogP contribution in [0.25, 0.3) is 22.5 Å². The zero-order chi connectivity index (χ0) is 35.3. The lowest BCUT2D eigenvalue weighted by Crippen LogP contribution is -2.43. The van der Waals surface area contributed by atoms with E-state index in [1.165, 1.54) is 25.4 Å². The molecule has 2 N–H and O–H groups in total. The number of nitrogens with one attached hydrogen (secondary N) is 2. The Hall–Kier alpha value is -5.36. The van der Waals surface area contributed by atoms with Gasteiger partial charge in [0.05, 0.1) is 30.1 Å². The van der Waals surface area contributed by atoms with E-state index < -0.39 is 17.6 Å². The third kappa shape index (κ3) is 8.39. The van der Waals surface area contributed by atoms with Crippen LogP contribution in [-0.4, -0.2) is 69.3 Å². The number of aldehydes is 1. The molecule has 1 saturated heterocycles. The Bertz CT molecular complexity index is 1890. The fraction of sp³-hybridized carbons (Fsp3) is 0.306. The average Bonchev–Trinajstić information content (AvgIpc) is 3.49. The van der Waals surface area contributed by atoms with Gasteiger partial charge in [0, 0.05) is 59.3 Å². The Labute approximate surface area is 289 Å². The van der Waals surface area contributed by atoms with Crippen LogP contribution in [0.2, 0.25) is 5.02 Å². The minimum Gasteiger partial charge on any atom is -0.481 e. The molecule has 0 radical (unpaired) electrons. The first-order valence-electron chi connectivity index (χ1n) is 15.7. The number of carbonyl (C=O) groups is 4. The third-order valence-electron chi connectivity index (χ3n) is 7.83. The van der Waals surface area contributed by atoms with Gasteiger partial charge in [0.1, 0.15) is 11.3 Å². The fourth-order valence-electron chi connectivity index (χ4n) is 5.39. The van der Waals surface area contributed by atoms with Crippen molar-refractivity contribution >= 4 is 41.5 Å². The molecule has 5 rings (SSSR count). The predicted molar refractivity (Wildman–Crippen MR) is 185 cm³/mol. The molecular weight excluding hydrogens is 648 g/mol. The molecule has 1 aliphatic rings. The van der Waals surface area contributed by atoms with E-state index in [1.807, 2.05) is 19.1 Å². The Morgan fingerprint density at radius 1 is 1.10 bits per heavy atom. The Morgan fingerprint density at radius 3 is 2.55 bits per heavy atom. The number of ether oxygens (including phenoxy) is 2. The first-order valence-corrected chi connectivity index (χ1v) is 16.0. The molecule has 0 unspecified atom stereocenters. The van der Waals surface area contributed by atoms with Crippen LogP contribution in [0.3, 0.4) is 0 Å². The number of hydrogen-bond donors (Lipinski definition) is 2. The summed E-state index contributed by atoms with van der Waals surface area (Å²) in [5, 5.41) is 6.13. The van der Waals surface area contributed by atoms with Gasteiger partial charge in [-0.3, -0.25) is 24.4 Å². The van der Waals surface area contributed by atoms with Gasteiger partial charge in [0.25, 0.3) is 5.91 Å². The van der Waals surface area contributed by atoms with E-state index in [1.54, 1.807) is 56.1 Å². The summed E-state index contributed by atoms with van der Waals surface area (Å²) < 4.78 is 11.3. The normalized spacial score (nSPS) is 14.2. The first-order chi connectivity index (χ1) is 23.4. The molecule has 49 heavy (non-hydrogen) atoms. The second-order valence-electron chi connectivity index (χ2n) is 12.6. The van der Waals surface area contributed by atoms with Gasteiger partial charge in [-0.1, -0.05) is 23.7 Å². The summed E-state index contributed by atoms with van der Waals surface area (Å²) in [5.74, 6) is -0.177. The molecule has 12 nitrogen and oxygen atoms in total. The lowest BCUT2D eigenvalue weighted by molar-refractivity contribution is -0.119. The van der Waals surface area contributed by atoms with Crippen molar-refractivity contribution in [3.63, 3.8) is 0 Å². The highest BCUT2D eigenvalue weighted by atomic mass is 35.5. The van der Waals surface area contributed by atoms with Gasteiger partial charge in [-0.15, -0.1) is 0 Å². The molecule has 0 spiro atoms. The molecule has 1 aliphatic heterocycles. The molecule has 0 saturated carbocycles. The Balaban J connectivity index is 1.41. The second kappa shape index (κ2) is 14.8. The molecule has 1 fully saturated rings. The molecule has 3 amide bonds. The molecule has 4 aromatic rings. The van der Waals surface area contributed by atoms with Crippen LogP contribution in [-0.2, 0) is 16.1 Å². The van der Waals surface area contributed by atoms with Crippen molar-refractivity contribution in [3.05, 3.63) is 88.3 Å². The van der Waals surface area contributed by atoms with Crippen molar-refractivity contribution in [2.75, 3.05) is 19.0 Å². The lowest BCUT2D eigenvalue weighted by Gasteiger charge is -2.29. The highest BCUT2D eigenvalue weighted by Gasteiger charge is 2.29. The number of carbonyl (C=O) groups excluding carboxylic acids is 4. The first kappa shape index (κ1) is 35.0. The smallest absolute Gasteiger partial charge is 0.410 e. The van der Waals surface area contributed by atoms with Crippen molar-refractivity contribution in [2.45, 2.75) is 58.7 Å². The van der Waals surface area contributed by atoms with Crippen molar-refractivity contribution in [2.24, 2.45) is 0 Å². The Morgan fingerprint density at radius 2 is 1.90 bits per heavy atom. The summed E-state index contributed by atoms with van der Waals surface area (Å²) in [4.78, 5) is 63.8. The minimum absolute atomic E-state index is 0.0439. The number of hydrogen-bond acceptors (Lipinski definition) is 9. The number of nitrogens with zero attached hydrogens (tertiary/aromatic N) is 4. The highest BCUT2D eigenvalue weighted by molar-refractivity contribution is 6.35. The maximum Gasteiger partial charge on any atom is 0.410 e. The molecular formula is C36H37ClN6O6. The van der Waals surface area contributed by atoms with Crippen LogP contribution in [0.15, 0.2) is 60.9 Å². The molecule has 254 valence electrons. The summed E-state index contributed by atoms with van der Waals surface area (Å²) >= 11 is 6.99. The Kier molecular flexibility index (Phi) is 10.6. The van der Waals surface area contributed by atoms with E-state index in [-0.39, 0.29) is 30.7 Å². The van der Waals surface area contributed by atoms with Gasteiger partial charge in [-0.25, -0.2) is 9.78 Å². The molecule has 3 aromatic heterocycles. The SMILES string of the molecule is COc1nc(-c2ccnc(-c3cccc(NC(=O)c4ccc(C=O)cn4)c3C)c2Cl)ccc1CN(C[C@@H]1CCC(=O)N1)C(=O)OC(C)(C)C. The number of methoxy groups -OCH3 is 1. The third-order valence-corrected chi connectivity index (χ3v) is 8.21. The van der Waals surface area contributed by atoms with Gasteiger partial charge in [-0.05, 0) is 76.1 Å². The minimum atomic E-state index is -0.707. The van der Waals surface area contributed by atoms with Crippen LogP contribution >= 0.6 is 11.6 Å². The molecule has 13 heteroatoms. The zero-order valence-corrected chi connectivity index (χ0v) is 28.6. The number of benzene rings is 1. The van der Waals surface area contributed by atoms with Crippen molar-refractivity contribution in [3.8, 4) is 28.4 Å². The average molecular weight is 685 g/mol. The molecule has 4 heterocycles. The van der Waals surface area contributed by atoms with Crippen LogP contribution < -0.4 is 15.4 Å². The second-order valence-corrected chi connectivity index (χ2v) is 13.0. The van der Waals surface area contributed by atoms with E-state index in [9.17, 15) is 19.2 Å². The number of anilines is 1. The topological polar surface area (TPSA) is 153 Å². The summed E-state index contributed by atoms with van der Waals surface area (Å²) in [6, 6.07) is 13.6. The highest BCUT2D eigenvalue weighted by Crippen LogP contribution is 2.38. The number of aromatic nitrogens is 3. The van der Waals surface area contributed by atoms with Gasteiger partial charge >= 0.3 is 6.09 Å². The molecule has 0 aliphatic carbocycles. The maximum atomic E-state index is 13.2. The summed E-state index contributed by atoms with van der Waals surface area (Å²) in [6.07, 6.45) is 4.15. The summed E-state index contributed by atoms with van der Waals surface area (Å²) in [7, 11) is 1.50. The largest absolute Gasteiger partial charge is 0.481 e. The van der Waals surface area contributed by atoms with E-state index in [2.05, 4.69) is 20.6 Å². The monoisotopic (exact) mass is 684 g/mol. The van der Waals surface area contributed by atoms with Crippen molar-refractivity contribution in [1.82, 2.24) is 25.2 Å². The van der Waals surface area contributed by atoms with E-state index in [4.69, 9.17) is 26.1 Å². The maximum absolute atomic E-state index is 13.2. The van der Waals surface area contributed by atoms with Gasteiger partial charge in [0.15, 0.2) is 6.29 Å². The van der Waals surface area contributed by atoms with Crippen LogP contribution in [0.4, 0.5) is 10.5 Å². The van der Waals surface area contributed by atoms with Crippen molar-refractivity contribution in [1.29, 1.82) is 0 Å². The van der Waals surface area contributed by atoms with E-state index >= 15 is 0 Å². The van der Waals surface area contributed by atoms with Gasteiger partial charge < -0.3 is 25.0 Å². The zero-order valence-electron chi connectivity index (χ0n) is 27.9. The fourth-order valence-corrected chi connectivity index (χ4v) is 5.70. The van der Waals surface area contributed by atoms with Crippen molar-refractivity contribution < 1.29 is 28.7 Å². The van der Waals surface area contributed by atoms with E-state index in [0.29, 0.717) is 69.4 Å². The standard InChI is InChI=1S/C36H37ClN6O6/c1-21-25(7-6-8-27(21)41-33(46)29-12-9-22(20-44)17-39-29)32-31(37)26(15-16-38-32)28-13-10-23(34(42-28)48-5)18-43(35(47)49-36(2,3)4)19-24-11-14-30(45)40-24/h6-10,12-13,15-17,20,24H,11,14,18-19H2,1-5H3,(H,40,45)(H,41,46)/t24-/m0/s1. The molecule has 0 bridgehead atoms. The van der Waals surface area contributed by atoms with Crippen LogP contribution in [0.5, 0.6) is 5.88 Å². The summed E-state index contributed by atoms with van der Waals surface area (Å²) in [6.45, 7) is 7.65.